The van der Waals surface area contributed by atoms with Gasteiger partial charge in [0.1, 0.15) is 5.01 Å². The number of carbonyl (C=O) groups excluding carboxylic acids is 1. The van der Waals surface area contributed by atoms with Gasteiger partial charge in [0.15, 0.2) is 0 Å². The van der Waals surface area contributed by atoms with Crippen LogP contribution in [0.25, 0.3) is 11.3 Å². The van der Waals surface area contributed by atoms with Gasteiger partial charge < -0.3 is 5.73 Å². The maximum absolute atomic E-state index is 10.9. The molecule has 0 unspecified atom stereocenters. The summed E-state index contributed by atoms with van der Waals surface area (Å²) in [5.74, 6) is -0.336. The second-order valence-electron chi connectivity index (χ2n) is 4.21. The zero-order valence-corrected chi connectivity index (χ0v) is 11.4. The normalized spacial score (nSPS) is 10.6. The van der Waals surface area contributed by atoms with Crippen LogP contribution in [-0.2, 0) is 17.6 Å². The third-order valence-corrected chi connectivity index (χ3v) is 3.77. The Bertz CT molecular complexity index is 558. The van der Waals surface area contributed by atoms with Crippen LogP contribution < -0.4 is 5.73 Å². The number of nitrogens with two attached hydrogens (primary N) is 1. The standard InChI is InChI=1S/C14H16N2OS/c1-3-10-4-6-11(7-5-10)14-9(2)18-13(16-14)8-12(15)17/h4-7H,3,8H2,1-2H3,(H2,15,17). The summed E-state index contributed by atoms with van der Waals surface area (Å²) in [6.45, 7) is 4.15. The minimum atomic E-state index is -0.336. The van der Waals surface area contributed by atoms with Crippen molar-refractivity contribution in [2.24, 2.45) is 5.73 Å². The highest BCUT2D eigenvalue weighted by Gasteiger charge is 2.11. The maximum Gasteiger partial charge on any atom is 0.224 e. The fourth-order valence-corrected chi connectivity index (χ4v) is 2.81. The first kappa shape index (κ1) is 12.8. The smallest absolute Gasteiger partial charge is 0.224 e. The highest BCUT2D eigenvalue weighted by Crippen LogP contribution is 2.28. The highest BCUT2D eigenvalue weighted by atomic mass is 32.1. The summed E-state index contributed by atoms with van der Waals surface area (Å²) in [5, 5.41) is 0.787. The molecule has 0 bridgehead atoms. The summed E-state index contributed by atoms with van der Waals surface area (Å²) in [5.41, 5.74) is 8.55. The molecular formula is C14H16N2OS. The van der Waals surface area contributed by atoms with Crippen molar-refractivity contribution in [3.63, 3.8) is 0 Å². The van der Waals surface area contributed by atoms with E-state index in [4.69, 9.17) is 5.73 Å². The summed E-state index contributed by atoms with van der Waals surface area (Å²) in [6, 6.07) is 8.38. The summed E-state index contributed by atoms with van der Waals surface area (Å²) in [7, 11) is 0. The first-order valence-corrected chi connectivity index (χ1v) is 6.75. The van der Waals surface area contributed by atoms with Crippen molar-refractivity contribution < 1.29 is 4.79 Å². The lowest BCUT2D eigenvalue weighted by Gasteiger charge is -2.00. The summed E-state index contributed by atoms with van der Waals surface area (Å²) in [4.78, 5) is 16.5. The lowest BCUT2D eigenvalue weighted by atomic mass is 10.1. The quantitative estimate of drug-likeness (QED) is 0.919. The van der Waals surface area contributed by atoms with E-state index in [2.05, 4.69) is 36.2 Å². The van der Waals surface area contributed by atoms with Gasteiger partial charge in [-0.3, -0.25) is 4.79 Å². The van der Waals surface area contributed by atoms with Gasteiger partial charge in [0.2, 0.25) is 5.91 Å². The van der Waals surface area contributed by atoms with Crippen LogP contribution in [0.2, 0.25) is 0 Å². The third kappa shape index (κ3) is 2.76. The molecule has 2 rings (SSSR count). The molecule has 18 heavy (non-hydrogen) atoms. The molecule has 1 aromatic carbocycles. The summed E-state index contributed by atoms with van der Waals surface area (Å²) in [6.07, 6.45) is 1.25. The molecule has 3 nitrogen and oxygen atoms in total. The summed E-state index contributed by atoms with van der Waals surface area (Å²) >= 11 is 1.54. The lowest BCUT2D eigenvalue weighted by Crippen LogP contribution is -2.13. The Labute approximate surface area is 111 Å². The number of carbonyl (C=O) groups is 1. The number of rotatable bonds is 4. The van der Waals surface area contributed by atoms with Crippen LogP contribution in [-0.4, -0.2) is 10.9 Å². The van der Waals surface area contributed by atoms with Gasteiger partial charge in [0.25, 0.3) is 0 Å². The van der Waals surface area contributed by atoms with Gasteiger partial charge in [-0.1, -0.05) is 31.2 Å². The summed E-state index contributed by atoms with van der Waals surface area (Å²) < 4.78 is 0. The molecule has 0 saturated heterocycles. The van der Waals surface area contributed by atoms with Crippen LogP contribution in [0.15, 0.2) is 24.3 Å². The van der Waals surface area contributed by atoms with E-state index in [1.165, 1.54) is 16.9 Å². The minimum absolute atomic E-state index is 0.221. The largest absolute Gasteiger partial charge is 0.369 e. The van der Waals surface area contributed by atoms with Crippen molar-refractivity contribution in [2.45, 2.75) is 26.7 Å². The first-order chi connectivity index (χ1) is 8.60. The molecule has 2 aromatic rings. The van der Waals surface area contributed by atoms with Gasteiger partial charge in [-0.15, -0.1) is 11.3 Å². The maximum atomic E-state index is 10.9. The number of nitrogens with zero attached hydrogens (tertiary/aromatic N) is 1. The second kappa shape index (κ2) is 5.31. The van der Waals surface area contributed by atoms with Crippen LogP contribution in [0.1, 0.15) is 22.4 Å². The van der Waals surface area contributed by atoms with Gasteiger partial charge >= 0.3 is 0 Å². The molecule has 0 saturated carbocycles. The second-order valence-corrected chi connectivity index (χ2v) is 5.49. The Balaban J connectivity index is 2.31. The van der Waals surface area contributed by atoms with Crippen molar-refractivity contribution in [1.29, 1.82) is 0 Å². The number of aryl methyl sites for hydroxylation is 2. The van der Waals surface area contributed by atoms with Crippen LogP contribution in [0, 0.1) is 6.92 Å². The monoisotopic (exact) mass is 260 g/mol. The van der Waals surface area contributed by atoms with Gasteiger partial charge in [0, 0.05) is 10.4 Å². The predicted molar refractivity (Wildman–Crippen MR) is 74.6 cm³/mol. The lowest BCUT2D eigenvalue weighted by molar-refractivity contribution is -0.117. The Hall–Kier alpha value is -1.68. The topological polar surface area (TPSA) is 56.0 Å². The zero-order chi connectivity index (χ0) is 13.1. The van der Waals surface area contributed by atoms with E-state index in [0.29, 0.717) is 0 Å². The molecule has 4 heteroatoms. The van der Waals surface area contributed by atoms with E-state index < -0.39 is 0 Å². The number of hydrogen-bond donors (Lipinski definition) is 1. The first-order valence-electron chi connectivity index (χ1n) is 5.94. The fraction of sp³-hybridized carbons (Fsp3) is 0.286. The Morgan fingerprint density at radius 3 is 2.56 bits per heavy atom. The highest BCUT2D eigenvalue weighted by molar-refractivity contribution is 7.12. The number of aromatic nitrogens is 1. The molecule has 2 N–H and O–H groups in total. The molecule has 0 atom stereocenters. The van der Waals surface area contributed by atoms with Crippen LogP contribution in [0.3, 0.4) is 0 Å². The van der Waals surface area contributed by atoms with Crippen molar-refractivity contribution in [3.05, 3.63) is 39.7 Å². The van der Waals surface area contributed by atoms with Gasteiger partial charge in [-0.25, -0.2) is 4.98 Å². The minimum Gasteiger partial charge on any atom is -0.369 e. The molecule has 1 amide bonds. The Morgan fingerprint density at radius 1 is 1.33 bits per heavy atom. The molecule has 0 radical (unpaired) electrons. The van der Waals surface area contributed by atoms with Crippen LogP contribution in [0.5, 0.6) is 0 Å². The van der Waals surface area contributed by atoms with E-state index >= 15 is 0 Å². The molecular weight excluding hydrogens is 244 g/mol. The molecule has 1 aromatic heterocycles. The third-order valence-electron chi connectivity index (χ3n) is 2.80. The average molecular weight is 260 g/mol. The SMILES string of the molecule is CCc1ccc(-c2nc(CC(N)=O)sc2C)cc1. The van der Waals surface area contributed by atoms with E-state index in [9.17, 15) is 4.79 Å². The Kier molecular flexibility index (Phi) is 3.77. The molecule has 94 valence electrons. The molecule has 0 fully saturated rings. The predicted octanol–water partition coefficient (Wildman–Crippen LogP) is 2.71. The van der Waals surface area contributed by atoms with Gasteiger partial charge in [-0.2, -0.15) is 0 Å². The van der Waals surface area contributed by atoms with Crippen LogP contribution in [0.4, 0.5) is 0 Å². The number of thiazole rings is 1. The molecule has 1 heterocycles. The van der Waals surface area contributed by atoms with Crippen molar-refractivity contribution >= 4 is 17.2 Å². The molecule has 0 aliphatic carbocycles. The number of benzene rings is 1. The molecule has 0 aliphatic rings. The molecule has 0 aliphatic heterocycles. The number of hydrogen-bond acceptors (Lipinski definition) is 3. The average Bonchev–Trinajstić information content (AvgIpc) is 2.69. The van der Waals surface area contributed by atoms with E-state index in [-0.39, 0.29) is 12.3 Å². The van der Waals surface area contributed by atoms with Gasteiger partial charge in [-0.05, 0) is 18.9 Å². The van der Waals surface area contributed by atoms with E-state index in [1.54, 1.807) is 0 Å². The van der Waals surface area contributed by atoms with Crippen molar-refractivity contribution in [3.8, 4) is 11.3 Å². The number of amides is 1. The fourth-order valence-electron chi connectivity index (χ4n) is 1.84. The van der Waals surface area contributed by atoms with Crippen LogP contribution >= 0.6 is 11.3 Å². The van der Waals surface area contributed by atoms with Gasteiger partial charge in [0.05, 0.1) is 12.1 Å². The molecule has 0 spiro atoms. The number of primary amides is 1. The zero-order valence-electron chi connectivity index (χ0n) is 10.6. The Morgan fingerprint density at radius 2 is 2.00 bits per heavy atom. The van der Waals surface area contributed by atoms with Crippen molar-refractivity contribution in [2.75, 3.05) is 0 Å². The van der Waals surface area contributed by atoms with E-state index in [0.717, 1.165) is 27.6 Å². The van der Waals surface area contributed by atoms with Crippen molar-refractivity contribution in [1.82, 2.24) is 4.98 Å². The van der Waals surface area contributed by atoms with E-state index in [1.807, 2.05) is 6.92 Å².